The molecule has 5 rings (SSSR count). The summed E-state index contributed by atoms with van der Waals surface area (Å²) in [6.07, 6.45) is 5.90. The van der Waals surface area contributed by atoms with Crippen LogP contribution >= 0.6 is 0 Å². The topological polar surface area (TPSA) is 31.8 Å². The lowest BCUT2D eigenvalue weighted by atomic mass is 10.0. The molecule has 0 N–H and O–H groups in total. The maximum atomic E-state index is 5.48. The molecule has 5 nitrogen and oxygen atoms in total. The number of ether oxygens (including phenoxy) is 1. The van der Waals surface area contributed by atoms with Crippen LogP contribution in [-0.2, 0) is 11.2 Å². The van der Waals surface area contributed by atoms with Crippen LogP contribution in [0.15, 0.2) is 35.9 Å². The first-order valence-corrected chi connectivity index (χ1v) is 13.2. The van der Waals surface area contributed by atoms with E-state index in [1.807, 2.05) is 0 Å². The summed E-state index contributed by atoms with van der Waals surface area (Å²) in [5, 5.41) is 0. The van der Waals surface area contributed by atoms with Gasteiger partial charge in [-0.15, -0.1) is 0 Å². The summed E-state index contributed by atoms with van der Waals surface area (Å²) in [4.78, 5) is 12.6. The van der Waals surface area contributed by atoms with Crippen LogP contribution in [-0.4, -0.2) is 79.9 Å². The molecule has 0 radical (unpaired) electrons. The highest BCUT2D eigenvalue weighted by atomic mass is 16.5. The number of aryl methyl sites for hydroxylation is 1. The van der Waals surface area contributed by atoms with Crippen molar-refractivity contribution in [3.05, 3.63) is 52.7 Å². The standard InChI is InChI=1S/C29H40N4O/c1-22(2)32-11-13-33(14-12-32)27-8-6-25(7-9-27)29-28-21-24(20-26(28)19-23(3)30-29)5-4-10-31-15-17-34-18-16-31/h6-9,19,21-22H,4-5,10-18,20H2,1-3H3. The van der Waals surface area contributed by atoms with Gasteiger partial charge in [0.05, 0.1) is 18.9 Å². The van der Waals surface area contributed by atoms with Gasteiger partial charge >= 0.3 is 0 Å². The normalized spacial score (nSPS) is 19.5. The fourth-order valence-corrected chi connectivity index (χ4v) is 5.62. The van der Waals surface area contributed by atoms with Crippen LogP contribution in [0.4, 0.5) is 5.69 Å². The number of rotatable bonds is 7. The molecule has 0 atom stereocenters. The average Bonchev–Trinajstić information content (AvgIpc) is 3.27. The zero-order valence-electron chi connectivity index (χ0n) is 21.2. The van der Waals surface area contributed by atoms with Crippen molar-refractivity contribution < 1.29 is 4.74 Å². The number of morpholine rings is 1. The third kappa shape index (κ3) is 5.37. The van der Waals surface area contributed by atoms with Gasteiger partial charge in [-0.3, -0.25) is 14.8 Å². The van der Waals surface area contributed by atoms with Crippen molar-refractivity contribution >= 4 is 11.8 Å². The number of piperazine rings is 1. The van der Waals surface area contributed by atoms with Gasteiger partial charge in [0.25, 0.3) is 0 Å². The molecule has 182 valence electrons. The van der Waals surface area contributed by atoms with Crippen molar-refractivity contribution in [2.75, 3.05) is 63.9 Å². The van der Waals surface area contributed by atoms with Gasteiger partial charge in [-0.25, -0.2) is 0 Å². The van der Waals surface area contributed by atoms with E-state index in [9.17, 15) is 0 Å². The van der Waals surface area contributed by atoms with Crippen molar-refractivity contribution in [1.82, 2.24) is 14.8 Å². The molecule has 2 fully saturated rings. The third-order valence-electron chi connectivity index (χ3n) is 7.66. The summed E-state index contributed by atoms with van der Waals surface area (Å²) >= 11 is 0. The lowest BCUT2D eigenvalue weighted by Crippen LogP contribution is -2.48. The van der Waals surface area contributed by atoms with E-state index in [0.29, 0.717) is 6.04 Å². The Balaban J connectivity index is 1.26. The molecule has 0 bridgehead atoms. The van der Waals surface area contributed by atoms with Gasteiger partial charge in [0.1, 0.15) is 0 Å². The van der Waals surface area contributed by atoms with E-state index in [1.54, 1.807) is 5.57 Å². The Morgan fingerprint density at radius 3 is 2.41 bits per heavy atom. The molecule has 1 aromatic heterocycles. The minimum absolute atomic E-state index is 0.635. The van der Waals surface area contributed by atoms with Gasteiger partial charge in [0, 0.05) is 67.8 Å². The van der Waals surface area contributed by atoms with Gasteiger partial charge in [0.2, 0.25) is 0 Å². The Labute approximate surface area is 205 Å². The number of aromatic nitrogens is 1. The van der Waals surface area contributed by atoms with Crippen LogP contribution in [0.2, 0.25) is 0 Å². The first-order chi connectivity index (χ1) is 16.6. The van der Waals surface area contributed by atoms with Crippen LogP contribution < -0.4 is 4.90 Å². The Hall–Kier alpha value is -2.21. The maximum absolute atomic E-state index is 5.48. The highest BCUT2D eigenvalue weighted by Crippen LogP contribution is 2.35. The molecule has 0 saturated carbocycles. The monoisotopic (exact) mass is 460 g/mol. The second-order valence-electron chi connectivity index (χ2n) is 10.4. The smallest absolute Gasteiger partial charge is 0.0780 e. The predicted octanol–water partition coefficient (Wildman–Crippen LogP) is 4.64. The molecule has 0 spiro atoms. The molecule has 0 amide bonds. The quantitative estimate of drug-likeness (QED) is 0.601. The molecule has 3 heterocycles. The lowest BCUT2D eigenvalue weighted by molar-refractivity contribution is 0.0374. The molecule has 1 aromatic carbocycles. The highest BCUT2D eigenvalue weighted by Gasteiger charge is 2.21. The van der Waals surface area contributed by atoms with E-state index < -0.39 is 0 Å². The van der Waals surface area contributed by atoms with Crippen molar-refractivity contribution in [2.24, 2.45) is 0 Å². The summed E-state index contributed by atoms with van der Waals surface area (Å²) in [6, 6.07) is 12.0. The number of benzene rings is 1. The molecule has 3 aliphatic rings. The summed E-state index contributed by atoms with van der Waals surface area (Å²) < 4.78 is 5.48. The van der Waals surface area contributed by atoms with Crippen LogP contribution in [0, 0.1) is 6.92 Å². The SMILES string of the molecule is Cc1cc2c(c(-c3ccc(N4CCN(C(C)C)CC4)cc3)n1)C=C(CCCN1CCOCC1)C2. The van der Waals surface area contributed by atoms with Crippen molar-refractivity contribution in [1.29, 1.82) is 0 Å². The highest BCUT2D eigenvalue weighted by molar-refractivity contribution is 5.79. The molecule has 1 aliphatic carbocycles. The molecule has 2 saturated heterocycles. The number of nitrogens with zero attached hydrogens (tertiary/aromatic N) is 4. The number of hydrogen-bond acceptors (Lipinski definition) is 5. The lowest BCUT2D eigenvalue weighted by Gasteiger charge is -2.38. The number of fused-ring (bicyclic) bond motifs is 1. The largest absolute Gasteiger partial charge is 0.379 e. The molecule has 2 aromatic rings. The van der Waals surface area contributed by atoms with Gasteiger partial charge in [0.15, 0.2) is 0 Å². The second kappa shape index (κ2) is 10.6. The molecular formula is C29H40N4O. The molecule has 2 aliphatic heterocycles. The second-order valence-corrected chi connectivity index (χ2v) is 10.4. The zero-order valence-corrected chi connectivity index (χ0v) is 21.2. The molecule has 0 unspecified atom stereocenters. The Bertz CT molecular complexity index is 1000. The Morgan fingerprint density at radius 1 is 0.971 bits per heavy atom. The minimum Gasteiger partial charge on any atom is -0.379 e. The Kier molecular flexibility index (Phi) is 7.33. The first-order valence-electron chi connectivity index (χ1n) is 13.2. The zero-order chi connectivity index (χ0) is 23.5. The fourth-order valence-electron chi connectivity index (χ4n) is 5.62. The summed E-state index contributed by atoms with van der Waals surface area (Å²) in [5.41, 5.74) is 9.16. The van der Waals surface area contributed by atoms with E-state index in [4.69, 9.17) is 9.72 Å². The number of pyridine rings is 1. The Morgan fingerprint density at radius 2 is 1.71 bits per heavy atom. The van der Waals surface area contributed by atoms with E-state index in [2.05, 4.69) is 71.9 Å². The van der Waals surface area contributed by atoms with Gasteiger partial charge in [-0.2, -0.15) is 0 Å². The van der Waals surface area contributed by atoms with Gasteiger partial charge in [-0.1, -0.05) is 23.8 Å². The van der Waals surface area contributed by atoms with E-state index in [0.717, 1.165) is 70.3 Å². The number of allylic oxidation sites excluding steroid dienone is 1. The average molecular weight is 461 g/mol. The molecule has 5 heteroatoms. The third-order valence-corrected chi connectivity index (χ3v) is 7.66. The van der Waals surface area contributed by atoms with Gasteiger partial charge in [-0.05, 0) is 70.3 Å². The van der Waals surface area contributed by atoms with E-state index in [1.165, 1.54) is 41.8 Å². The van der Waals surface area contributed by atoms with Crippen molar-refractivity contribution in [3.63, 3.8) is 0 Å². The van der Waals surface area contributed by atoms with E-state index >= 15 is 0 Å². The predicted molar refractivity (Wildman–Crippen MR) is 142 cm³/mol. The number of hydrogen-bond donors (Lipinski definition) is 0. The van der Waals surface area contributed by atoms with Crippen LogP contribution in [0.1, 0.15) is 43.5 Å². The van der Waals surface area contributed by atoms with Crippen molar-refractivity contribution in [2.45, 2.75) is 46.1 Å². The number of anilines is 1. The molecule has 34 heavy (non-hydrogen) atoms. The summed E-state index contributed by atoms with van der Waals surface area (Å²) in [5.74, 6) is 0. The first kappa shape index (κ1) is 23.5. The fraction of sp³-hybridized carbons (Fsp3) is 0.552. The van der Waals surface area contributed by atoms with Crippen LogP contribution in [0.5, 0.6) is 0 Å². The summed E-state index contributed by atoms with van der Waals surface area (Å²) in [6.45, 7) is 16.3. The maximum Gasteiger partial charge on any atom is 0.0780 e. The minimum atomic E-state index is 0.635. The van der Waals surface area contributed by atoms with Gasteiger partial charge < -0.3 is 9.64 Å². The van der Waals surface area contributed by atoms with E-state index in [-0.39, 0.29) is 0 Å². The summed E-state index contributed by atoms with van der Waals surface area (Å²) in [7, 11) is 0. The molecular weight excluding hydrogens is 420 g/mol. The van der Waals surface area contributed by atoms with Crippen molar-refractivity contribution in [3.8, 4) is 11.3 Å². The van der Waals surface area contributed by atoms with Crippen LogP contribution in [0.3, 0.4) is 0 Å². The van der Waals surface area contributed by atoms with Crippen LogP contribution in [0.25, 0.3) is 17.3 Å².